The molecule has 2 fully saturated rings. The summed E-state index contributed by atoms with van der Waals surface area (Å²) < 4.78 is 5.47. The van der Waals surface area contributed by atoms with Crippen LogP contribution in [0.2, 0.25) is 0 Å². The highest BCUT2D eigenvalue weighted by Gasteiger charge is 2.59. The molecule has 4 atom stereocenters. The summed E-state index contributed by atoms with van der Waals surface area (Å²) in [5.74, 6) is -0.322. The molecule has 2 aromatic rings. The number of allylic oxidation sites excluding steroid dienone is 2. The second-order valence-electron chi connectivity index (χ2n) is 8.27. The van der Waals surface area contributed by atoms with Crippen LogP contribution in [0.1, 0.15) is 27.9 Å². The molecule has 1 aliphatic heterocycles. The van der Waals surface area contributed by atoms with Crippen molar-refractivity contribution >= 4 is 23.5 Å². The number of carbonyl (C=O) groups is 3. The first-order chi connectivity index (χ1) is 13.9. The van der Waals surface area contributed by atoms with Gasteiger partial charge in [0.1, 0.15) is 5.75 Å². The van der Waals surface area contributed by atoms with Crippen molar-refractivity contribution in [3.8, 4) is 5.75 Å². The molecule has 2 aromatic carbocycles. The molecule has 5 heteroatoms. The summed E-state index contributed by atoms with van der Waals surface area (Å²) in [6.07, 6.45) is 5.06. The first kappa shape index (κ1) is 17.9. The summed E-state index contributed by atoms with van der Waals surface area (Å²) in [6, 6.07) is 12.1. The summed E-state index contributed by atoms with van der Waals surface area (Å²) >= 11 is 0. The zero-order valence-corrected chi connectivity index (χ0v) is 16.3. The number of ether oxygens (including phenoxy) is 1. The number of carbonyl (C=O) groups excluding carboxylic acids is 3. The smallest absolute Gasteiger partial charge is 0.343 e. The molecule has 1 saturated heterocycles. The Bertz CT molecular complexity index is 1020. The molecule has 0 aromatic heterocycles. The largest absolute Gasteiger partial charge is 0.423 e. The monoisotopic (exact) mass is 387 g/mol. The summed E-state index contributed by atoms with van der Waals surface area (Å²) in [7, 11) is 0. The highest BCUT2D eigenvalue weighted by Crippen LogP contribution is 2.53. The van der Waals surface area contributed by atoms with Gasteiger partial charge in [-0.15, -0.1) is 0 Å². The zero-order chi connectivity index (χ0) is 20.3. The van der Waals surface area contributed by atoms with Crippen LogP contribution >= 0.6 is 0 Å². The van der Waals surface area contributed by atoms with Gasteiger partial charge in [0, 0.05) is 0 Å². The average Bonchev–Trinajstić information content (AvgIpc) is 3.35. The fraction of sp³-hybridized carbons (Fsp3) is 0.292. The van der Waals surface area contributed by atoms with Crippen LogP contribution in [0.3, 0.4) is 0 Å². The third-order valence-corrected chi connectivity index (χ3v) is 6.24. The molecule has 146 valence electrons. The van der Waals surface area contributed by atoms with Gasteiger partial charge in [0.25, 0.3) is 0 Å². The summed E-state index contributed by atoms with van der Waals surface area (Å²) in [6.45, 7) is 3.89. The van der Waals surface area contributed by atoms with Gasteiger partial charge < -0.3 is 4.74 Å². The van der Waals surface area contributed by atoms with E-state index in [4.69, 9.17) is 4.74 Å². The number of benzene rings is 2. The van der Waals surface area contributed by atoms with Gasteiger partial charge in [0.2, 0.25) is 11.8 Å². The van der Waals surface area contributed by atoms with E-state index in [9.17, 15) is 14.4 Å². The molecular formula is C24H21NO4. The quantitative estimate of drug-likeness (QED) is 0.347. The third-order valence-electron chi connectivity index (χ3n) is 6.24. The highest BCUT2D eigenvalue weighted by atomic mass is 16.5. The molecule has 2 amide bonds. The maximum absolute atomic E-state index is 12.9. The van der Waals surface area contributed by atoms with Crippen LogP contribution in [0.25, 0.3) is 0 Å². The Morgan fingerprint density at radius 1 is 0.897 bits per heavy atom. The maximum Gasteiger partial charge on any atom is 0.343 e. The molecule has 5 rings (SSSR count). The predicted molar refractivity (Wildman–Crippen MR) is 108 cm³/mol. The van der Waals surface area contributed by atoms with Gasteiger partial charge in [-0.2, -0.15) is 0 Å². The molecule has 2 bridgehead atoms. The third kappa shape index (κ3) is 2.80. The molecule has 5 nitrogen and oxygen atoms in total. The van der Waals surface area contributed by atoms with Crippen LogP contribution in [0, 0.1) is 37.5 Å². The van der Waals surface area contributed by atoms with Crippen LogP contribution in [-0.2, 0) is 9.59 Å². The van der Waals surface area contributed by atoms with Crippen molar-refractivity contribution in [2.24, 2.45) is 23.7 Å². The van der Waals surface area contributed by atoms with Crippen molar-refractivity contribution in [1.82, 2.24) is 0 Å². The summed E-state index contributed by atoms with van der Waals surface area (Å²) in [5, 5.41) is 0. The van der Waals surface area contributed by atoms with E-state index in [-0.39, 0.29) is 35.5 Å². The molecule has 1 saturated carbocycles. The second kappa shape index (κ2) is 6.41. The van der Waals surface area contributed by atoms with E-state index in [0.717, 1.165) is 17.5 Å². The Balaban J connectivity index is 1.35. The molecule has 0 radical (unpaired) electrons. The minimum Gasteiger partial charge on any atom is -0.423 e. The number of hydrogen-bond acceptors (Lipinski definition) is 4. The van der Waals surface area contributed by atoms with Gasteiger partial charge >= 0.3 is 5.97 Å². The number of anilines is 1. The van der Waals surface area contributed by atoms with Crippen molar-refractivity contribution in [2.45, 2.75) is 20.3 Å². The van der Waals surface area contributed by atoms with E-state index in [2.05, 4.69) is 12.2 Å². The highest BCUT2D eigenvalue weighted by molar-refractivity contribution is 6.22. The van der Waals surface area contributed by atoms with Crippen molar-refractivity contribution in [3.63, 3.8) is 0 Å². The van der Waals surface area contributed by atoms with Crippen LogP contribution in [0.5, 0.6) is 5.75 Å². The number of hydrogen-bond donors (Lipinski definition) is 0. The number of amides is 2. The maximum atomic E-state index is 12.9. The number of aryl methyl sites for hydroxylation is 2. The van der Waals surface area contributed by atoms with E-state index in [0.29, 0.717) is 17.0 Å². The van der Waals surface area contributed by atoms with Gasteiger partial charge in [0.05, 0.1) is 23.1 Å². The molecule has 29 heavy (non-hydrogen) atoms. The lowest BCUT2D eigenvalue weighted by atomic mass is 9.85. The van der Waals surface area contributed by atoms with Gasteiger partial charge in [0.15, 0.2) is 0 Å². The van der Waals surface area contributed by atoms with Gasteiger partial charge in [-0.05, 0) is 79.6 Å². The fourth-order valence-corrected chi connectivity index (χ4v) is 5.06. The van der Waals surface area contributed by atoms with Crippen LogP contribution in [0.15, 0.2) is 54.6 Å². The molecule has 1 heterocycles. The fourth-order valence-electron chi connectivity index (χ4n) is 5.06. The topological polar surface area (TPSA) is 63.7 Å². The number of nitrogens with zero attached hydrogens (tertiary/aromatic N) is 1. The molecule has 0 unspecified atom stereocenters. The lowest BCUT2D eigenvalue weighted by Gasteiger charge is -2.17. The van der Waals surface area contributed by atoms with E-state index < -0.39 is 5.97 Å². The van der Waals surface area contributed by atoms with E-state index in [1.54, 1.807) is 24.3 Å². The first-order valence-electron chi connectivity index (χ1n) is 9.89. The van der Waals surface area contributed by atoms with Crippen molar-refractivity contribution in [1.29, 1.82) is 0 Å². The zero-order valence-electron chi connectivity index (χ0n) is 16.3. The minimum absolute atomic E-state index is 0.123. The lowest BCUT2D eigenvalue weighted by molar-refractivity contribution is -0.123. The summed E-state index contributed by atoms with van der Waals surface area (Å²) in [4.78, 5) is 39.5. The first-order valence-corrected chi connectivity index (χ1v) is 9.89. The number of fused-ring (bicyclic) bond motifs is 5. The Hall–Kier alpha value is -3.21. The SMILES string of the molecule is Cc1cc(C)cc(OC(=O)c2ccc(N3C(=O)[C@H]4[C@H](C3=O)[C@H]3C=C[C@H]4C3)cc2)c1. The van der Waals surface area contributed by atoms with E-state index in [1.165, 1.54) is 4.90 Å². The molecule has 2 aliphatic carbocycles. The molecule has 0 N–H and O–H groups in total. The lowest BCUT2D eigenvalue weighted by Crippen LogP contribution is -2.32. The minimum atomic E-state index is -0.472. The molecular weight excluding hydrogens is 366 g/mol. The Morgan fingerprint density at radius 3 is 2.00 bits per heavy atom. The van der Waals surface area contributed by atoms with Crippen LogP contribution in [-0.4, -0.2) is 17.8 Å². The van der Waals surface area contributed by atoms with Crippen LogP contribution in [0.4, 0.5) is 5.69 Å². The number of imide groups is 1. The van der Waals surface area contributed by atoms with Gasteiger partial charge in [-0.1, -0.05) is 18.2 Å². The number of rotatable bonds is 3. The van der Waals surface area contributed by atoms with Gasteiger partial charge in [-0.25, -0.2) is 4.79 Å². The Kier molecular flexibility index (Phi) is 3.95. The van der Waals surface area contributed by atoms with E-state index >= 15 is 0 Å². The Morgan fingerprint density at radius 2 is 1.45 bits per heavy atom. The van der Waals surface area contributed by atoms with Crippen LogP contribution < -0.4 is 9.64 Å². The molecule has 0 spiro atoms. The van der Waals surface area contributed by atoms with Crippen molar-refractivity contribution in [3.05, 3.63) is 71.3 Å². The molecule has 3 aliphatic rings. The normalized spacial score (nSPS) is 26.9. The standard InChI is InChI=1S/C24H21NO4/c1-13-9-14(2)11-19(10-13)29-24(28)15-5-7-18(8-6-15)25-22(26)20-16-3-4-17(12-16)21(20)23(25)27/h3-11,16-17,20-21H,12H2,1-2H3/t16-,17-,20+,21+/m0/s1. The van der Waals surface area contributed by atoms with Crippen molar-refractivity contribution in [2.75, 3.05) is 4.90 Å². The Labute approximate surface area is 169 Å². The predicted octanol–water partition coefficient (Wildman–Crippen LogP) is 3.83. The summed E-state index contributed by atoms with van der Waals surface area (Å²) in [5.41, 5.74) is 2.91. The van der Waals surface area contributed by atoms with Crippen molar-refractivity contribution < 1.29 is 19.1 Å². The van der Waals surface area contributed by atoms with E-state index in [1.807, 2.05) is 32.0 Å². The van der Waals surface area contributed by atoms with Gasteiger partial charge in [-0.3, -0.25) is 14.5 Å². The number of esters is 1. The second-order valence-corrected chi connectivity index (χ2v) is 8.27. The average molecular weight is 387 g/mol.